The summed E-state index contributed by atoms with van der Waals surface area (Å²) in [4.78, 5) is 78.0. The highest BCUT2D eigenvalue weighted by molar-refractivity contribution is 7.91. The summed E-state index contributed by atoms with van der Waals surface area (Å²) >= 11 is 1.23. The second-order valence-electron chi connectivity index (χ2n) is 16.4. The summed E-state index contributed by atoms with van der Waals surface area (Å²) in [6.45, 7) is 0.574. The first kappa shape index (κ1) is 39.3. The molecule has 3 aliphatic heterocycles. The third kappa shape index (κ3) is 8.27. The lowest BCUT2D eigenvalue weighted by Gasteiger charge is -2.33. The number of likely N-dealkylation sites (tertiary alicyclic amines) is 1. The van der Waals surface area contributed by atoms with E-state index in [1.807, 2.05) is 41.8 Å². The molecule has 2 saturated heterocycles. The number of allylic oxidation sites excluding steroid dienone is 1. The zero-order valence-electron chi connectivity index (χ0n) is 32.0. The lowest BCUT2D eigenvalue weighted by molar-refractivity contribution is -0.142. The lowest BCUT2D eigenvalue weighted by atomic mass is 9.93. The second-order valence-corrected chi connectivity index (χ2v) is 19.2. The fourth-order valence-electron chi connectivity index (χ4n) is 8.97. The average molecular weight is 823 g/mol. The number of sulfonamides is 1. The molecule has 0 spiro atoms. The number of thiazole rings is 1. The van der Waals surface area contributed by atoms with Crippen molar-refractivity contribution < 1.29 is 41.9 Å². The molecule has 3 N–H and O–H groups in total. The van der Waals surface area contributed by atoms with Gasteiger partial charge in [-0.15, -0.1) is 11.3 Å². The summed E-state index contributed by atoms with van der Waals surface area (Å²) in [5, 5.41) is 7.25. The molecule has 5 amide bonds. The van der Waals surface area contributed by atoms with Crippen LogP contribution in [0.15, 0.2) is 41.8 Å². The number of ether oxygens (including phenoxy) is 2. The van der Waals surface area contributed by atoms with E-state index in [-0.39, 0.29) is 44.0 Å². The van der Waals surface area contributed by atoms with Crippen LogP contribution in [0, 0.1) is 17.8 Å². The van der Waals surface area contributed by atoms with Gasteiger partial charge in [-0.25, -0.2) is 18.2 Å². The minimum Gasteiger partial charge on any atom is -0.497 e. The molecule has 8 rings (SSSR count). The van der Waals surface area contributed by atoms with Crippen molar-refractivity contribution in [2.75, 3.05) is 26.7 Å². The third-order valence-electron chi connectivity index (χ3n) is 12.4. The van der Waals surface area contributed by atoms with Crippen LogP contribution in [0.5, 0.6) is 5.75 Å². The lowest BCUT2D eigenvalue weighted by Crippen LogP contribution is -2.60. The summed E-state index contributed by atoms with van der Waals surface area (Å²) in [5.74, 6) is -2.61. The number of fused-ring (bicyclic) bond motifs is 4. The second kappa shape index (κ2) is 16.0. The van der Waals surface area contributed by atoms with E-state index in [1.165, 1.54) is 16.2 Å². The molecule has 4 heterocycles. The maximum absolute atomic E-state index is 14.7. The maximum atomic E-state index is 14.7. The molecular formula is C40H50N6O9S2. The zero-order chi connectivity index (χ0) is 39.9. The number of benzene rings is 1. The van der Waals surface area contributed by atoms with Crippen LogP contribution in [0.4, 0.5) is 4.79 Å². The number of methoxy groups -OCH3 is 1. The molecular weight excluding hydrogens is 773 g/mol. The number of nitrogens with zero attached hydrogens (tertiary/aromatic N) is 3. The highest BCUT2D eigenvalue weighted by Gasteiger charge is 2.63. The molecule has 306 valence electrons. The number of alkyl carbamates (subject to hydrolysis) is 1. The Morgan fingerprint density at radius 1 is 0.965 bits per heavy atom. The molecule has 2 aromatic rings. The predicted octanol–water partition coefficient (Wildman–Crippen LogP) is 3.76. The van der Waals surface area contributed by atoms with E-state index in [9.17, 15) is 32.4 Å². The zero-order valence-corrected chi connectivity index (χ0v) is 33.7. The number of rotatable bonds is 8. The summed E-state index contributed by atoms with van der Waals surface area (Å²) in [6.07, 6.45) is 10.9. The van der Waals surface area contributed by atoms with Gasteiger partial charge in [0.2, 0.25) is 21.8 Å². The van der Waals surface area contributed by atoms with Crippen molar-refractivity contribution in [2.45, 2.75) is 106 Å². The van der Waals surface area contributed by atoms with Crippen LogP contribution >= 0.6 is 11.3 Å². The molecule has 57 heavy (non-hydrogen) atoms. The number of amides is 5. The molecule has 17 heteroatoms. The van der Waals surface area contributed by atoms with Gasteiger partial charge < -0.3 is 29.9 Å². The Balaban J connectivity index is 1.06. The summed E-state index contributed by atoms with van der Waals surface area (Å²) in [5.41, 5.74) is -0.0382. The SMILES string of the molecule is COc1ccc(-c2csc(C(=O)N3C[C@H]4CN5C(=O)[C@@H](NC(=O)OC6CCCC6)CCCCC/C=C\[C@H]6C[C@@]6(C(=O)NS(=O)(=O)C6CC6)NC(=O)[C@@H]5[C@H]4C3)n2)cc1. The van der Waals surface area contributed by atoms with Gasteiger partial charge in [-0.05, 0) is 88.5 Å². The van der Waals surface area contributed by atoms with E-state index in [1.54, 1.807) is 12.0 Å². The third-order valence-corrected chi connectivity index (χ3v) is 15.1. The van der Waals surface area contributed by atoms with Gasteiger partial charge in [0.1, 0.15) is 29.5 Å². The number of hydrogen-bond donors (Lipinski definition) is 3. The molecule has 1 aromatic carbocycles. The van der Waals surface area contributed by atoms with E-state index < -0.39 is 68.5 Å². The highest BCUT2D eigenvalue weighted by Crippen LogP contribution is 2.47. The van der Waals surface area contributed by atoms with E-state index in [2.05, 4.69) is 20.3 Å². The molecule has 3 aliphatic carbocycles. The van der Waals surface area contributed by atoms with Crippen molar-refractivity contribution in [3.05, 3.63) is 46.8 Å². The number of carbonyl (C=O) groups is 5. The highest BCUT2D eigenvalue weighted by atomic mass is 32.2. The molecule has 0 bridgehead atoms. The first-order valence-corrected chi connectivity index (χ1v) is 22.6. The van der Waals surface area contributed by atoms with Gasteiger partial charge in [-0.2, -0.15) is 0 Å². The van der Waals surface area contributed by atoms with Crippen molar-refractivity contribution in [1.82, 2.24) is 30.1 Å². The molecule has 6 aliphatic rings. The monoisotopic (exact) mass is 822 g/mol. The molecule has 6 atom stereocenters. The quantitative estimate of drug-likeness (QED) is 0.331. The first-order chi connectivity index (χ1) is 27.5. The molecule has 5 fully saturated rings. The van der Waals surface area contributed by atoms with Crippen molar-refractivity contribution in [2.24, 2.45) is 17.8 Å². The van der Waals surface area contributed by atoms with Crippen LogP contribution < -0.4 is 20.1 Å². The molecule has 0 radical (unpaired) electrons. The van der Waals surface area contributed by atoms with Gasteiger partial charge in [0.05, 0.1) is 18.1 Å². The average Bonchev–Trinajstić information content (AvgIpc) is 3.86. The Kier molecular flexibility index (Phi) is 11.1. The van der Waals surface area contributed by atoms with Gasteiger partial charge in [-0.1, -0.05) is 25.0 Å². The minimum atomic E-state index is -3.91. The van der Waals surface area contributed by atoms with Gasteiger partial charge in [0, 0.05) is 48.3 Å². The number of carbonyl (C=O) groups excluding carboxylic acids is 5. The summed E-state index contributed by atoms with van der Waals surface area (Å²) in [6, 6.07) is 5.33. The fraction of sp³-hybridized carbons (Fsp3) is 0.600. The molecule has 3 saturated carbocycles. The topological polar surface area (TPSA) is 193 Å². The molecule has 0 unspecified atom stereocenters. The van der Waals surface area contributed by atoms with Crippen LogP contribution in [-0.4, -0.2) is 109 Å². The van der Waals surface area contributed by atoms with Gasteiger partial charge in [0.25, 0.3) is 11.8 Å². The fourth-order valence-corrected chi connectivity index (χ4v) is 11.1. The van der Waals surface area contributed by atoms with Gasteiger partial charge in [-0.3, -0.25) is 23.9 Å². The van der Waals surface area contributed by atoms with Gasteiger partial charge >= 0.3 is 6.09 Å². The Labute approximate surface area is 336 Å². The smallest absolute Gasteiger partial charge is 0.408 e. The van der Waals surface area contributed by atoms with Crippen LogP contribution in [0.1, 0.15) is 86.9 Å². The van der Waals surface area contributed by atoms with Crippen molar-refractivity contribution in [3.63, 3.8) is 0 Å². The van der Waals surface area contributed by atoms with Crippen LogP contribution in [0.3, 0.4) is 0 Å². The first-order valence-electron chi connectivity index (χ1n) is 20.2. The van der Waals surface area contributed by atoms with Crippen LogP contribution in [-0.2, 0) is 29.1 Å². The summed E-state index contributed by atoms with van der Waals surface area (Å²) < 4.78 is 39.0. The Morgan fingerprint density at radius 2 is 1.72 bits per heavy atom. The maximum Gasteiger partial charge on any atom is 0.408 e. The predicted molar refractivity (Wildman–Crippen MR) is 209 cm³/mol. The Morgan fingerprint density at radius 3 is 2.46 bits per heavy atom. The number of aromatic nitrogens is 1. The van der Waals surface area contributed by atoms with Crippen LogP contribution in [0.25, 0.3) is 11.3 Å². The van der Waals surface area contributed by atoms with E-state index in [0.717, 1.165) is 44.1 Å². The number of hydrogen-bond acceptors (Lipinski definition) is 11. The van der Waals surface area contributed by atoms with Gasteiger partial charge in [0.15, 0.2) is 5.01 Å². The van der Waals surface area contributed by atoms with Crippen molar-refractivity contribution >= 4 is 51.1 Å². The summed E-state index contributed by atoms with van der Waals surface area (Å²) in [7, 11) is -2.32. The Bertz CT molecular complexity index is 2030. The van der Waals surface area contributed by atoms with Crippen molar-refractivity contribution in [3.8, 4) is 17.0 Å². The molecule has 1 aromatic heterocycles. The van der Waals surface area contributed by atoms with Crippen LogP contribution in [0.2, 0.25) is 0 Å². The Hall–Kier alpha value is -4.51. The van der Waals surface area contributed by atoms with E-state index in [4.69, 9.17) is 9.47 Å². The number of nitrogens with one attached hydrogen (secondary N) is 3. The minimum absolute atomic E-state index is 0.148. The standard InChI is InChI=1S/C40H50N6O9S2/c1-54-27-15-13-24(14-16-27)32-23-56-35(41-32)37(49)45-20-25-21-46-33(30(25)22-45)34(47)43-40(38(50)44-57(52,53)29-17-18-29)19-26(40)9-5-3-2-4-6-12-31(36(46)48)42-39(51)55-28-10-7-8-11-28/h5,9,13-16,23,25-26,28-31,33H,2-4,6-8,10-12,17-22H2,1H3,(H,42,51)(H,43,47)(H,44,50)/b9-5-/t25-,26-,30-,31-,33-,40+/m0/s1. The normalized spacial score (nSPS) is 29.9. The molecule has 15 nitrogen and oxygen atoms in total. The van der Waals surface area contributed by atoms with Crippen molar-refractivity contribution in [1.29, 1.82) is 0 Å². The van der Waals surface area contributed by atoms with E-state index in [0.29, 0.717) is 48.6 Å². The largest absolute Gasteiger partial charge is 0.497 e. The van der Waals surface area contributed by atoms with E-state index >= 15 is 0 Å².